The smallest absolute Gasteiger partial charge is 0.0645 e. The second-order valence-electron chi connectivity index (χ2n) is 4.84. The van der Waals surface area contributed by atoms with Crippen molar-refractivity contribution in [2.45, 2.75) is 58.1 Å². The molecular formula is C12H27NO2. The number of rotatable bonds is 8. The zero-order chi connectivity index (χ0) is 11.9. The van der Waals surface area contributed by atoms with Crippen LogP contribution >= 0.6 is 0 Å². The summed E-state index contributed by atoms with van der Waals surface area (Å²) in [5.41, 5.74) is 5.87. The number of methoxy groups -OCH3 is 1. The van der Waals surface area contributed by atoms with E-state index in [0.717, 1.165) is 19.3 Å². The lowest BCUT2D eigenvalue weighted by atomic mass is 9.95. The van der Waals surface area contributed by atoms with Crippen molar-refractivity contribution in [3.05, 3.63) is 0 Å². The molecule has 0 unspecified atom stereocenters. The lowest BCUT2D eigenvalue weighted by molar-refractivity contribution is -0.0169. The van der Waals surface area contributed by atoms with E-state index in [0.29, 0.717) is 13.2 Å². The van der Waals surface area contributed by atoms with Gasteiger partial charge >= 0.3 is 0 Å². The first-order valence-corrected chi connectivity index (χ1v) is 5.81. The van der Waals surface area contributed by atoms with Crippen LogP contribution in [0.2, 0.25) is 0 Å². The van der Waals surface area contributed by atoms with E-state index >= 15 is 0 Å². The summed E-state index contributed by atoms with van der Waals surface area (Å²) in [5, 5.41) is 0. The Kier molecular flexibility index (Phi) is 6.41. The average Bonchev–Trinajstić information content (AvgIpc) is 2.24. The molecule has 0 saturated carbocycles. The summed E-state index contributed by atoms with van der Waals surface area (Å²) in [5.74, 6) is 0. The monoisotopic (exact) mass is 217 g/mol. The summed E-state index contributed by atoms with van der Waals surface area (Å²) in [4.78, 5) is 0. The van der Waals surface area contributed by atoms with Gasteiger partial charge in [0.2, 0.25) is 0 Å². The second kappa shape index (κ2) is 6.46. The minimum atomic E-state index is -0.156. The van der Waals surface area contributed by atoms with Crippen LogP contribution < -0.4 is 5.73 Å². The van der Waals surface area contributed by atoms with Crippen molar-refractivity contribution in [1.29, 1.82) is 0 Å². The van der Waals surface area contributed by atoms with Gasteiger partial charge in [-0.1, -0.05) is 13.8 Å². The van der Waals surface area contributed by atoms with E-state index in [1.807, 2.05) is 0 Å². The largest absolute Gasteiger partial charge is 0.379 e. The molecule has 0 aliphatic carbocycles. The van der Waals surface area contributed by atoms with Crippen LogP contribution in [-0.2, 0) is 9.47 Å². The summed E-state index contributed by atoms with van der Waals surface area (Å²) >= 11 is 0. The molecule has 0 heterocycles. The molecule has 0 spiro atoms. The molecule has 0 aromatic carbocycles. The summed E-state index contributed by atoms with van der Waals surface area (Å²) < 4.78 is 10.9. The Morgan fingerprint density at radius 2 is 1.67 bits per heavy atom. The minimum Gasteiger partial charge on any atom is -0.379 e. The fourth-order valence-electron chi connectivity index (χ4n) is 1.15. The van der Waals surface area contributed by atoms with Crippen molar-refractivity contribution >= 4 is 0 Å². The Bertz CT molecular complexity index is 165. The number of ether oxygens (including phenoxy) is 2. The van der Waals surface area contributed by atoms with E-state index in [2.05, 4.69) is 27.7 Å². The highest BCUT2D eigenvalue weighted by molar-refractivity contribution is 4.80. The van der Waals surface area contributed by atoms with Crippen LogP contribution in [0.3, 0.4) is 0 Å². The molecule has 0 aliphatic rings. The molecule has 15 heavy (non-hydrogen) atoms. The molecule has 0 fully saturated rings. The van der Waals surface area contributed by atoms with Crippen molar-refractivity contribution in [3.63, 3.8) is 0 Å². The topological polar surface area (TPSA) is 44.5 Å². The molecule has 0 amide bonds. The first-order chi connectivity index (χ1) is 6.89. The summed E-state index contributed by atoms with van der Waals surface area (Å²) in [7, 11) is 1.73. The van der Waals surface area contributed by atoms with Crippen molar-refractivity contribution in [3.8, 4) is 0 Å². The van der Waals surface area contributed by atoms with Gasteiger partial charge in [0.1, 0.15) is 0 Å². The van der Waals surface area contributed by atoms with Crippen LogP contribution in [0, 0.1) is 0 Å². The van der Waals surface area contributed by atoms with Crippen LogP contribution in [0.5, 0.6) is 0 Å². The summed E-state index contributed by atoms with van der Waals surface area (Å²) in [6, 6.07) is 0. The van der Waals surface area contributed by atoms with Crippen molar-refractivity contribution in [2.24, 2.45) is 5.73 Å². The van der Waals surface area contributed by atoms with Gasteiger partial charge in [-0.3, -0.25) is 0 Å². The van der Waals surface area contributed by atoms with Crippen LogP contribution in [0.4, 0.5) is 0 Å². The van der Waals surface area contributed by atoms with E-state index in [1.165, 1.54) is 0 Å². The highest BCUT2D eigenvalue weighted by atomic mass is 16.5. The van der Waals surface area contributed by atoms with Crippen molar-refractivity contribution in [2.75, 3.05) is 20.3 Å². The Hall–Kier alpha value is -0.120. The molecule has 0 rings (SSSR count). The van der Waals surface area contributed by atoms with Gasteiger partial charge in [-0.25, -0.2) is 0 Å². The number of nitrogens with two attached hydrogens (primary N) is 1. The van der Waals surface area contributed by atoms with E-state index in [9.17, 15) is 0 Å². The second-order valence-corrected chi connectivity index (χ2v) is 4.84. The molecule has 3 nitrogen and oxygen atoms in total. The zero-order valence-corrected chi connectivity index (χ0v) is 10.9. The van der Waals surface area contributed by atoms with Crippen LogP contribution in [0.1, 0.15) is 47.0 Å². The van der Waals surface area contributed by atoms with E-state index in [1.54, 1.807) is 7.11 Å². The van der Waals surface area contributed by atoms with Crippen LogP contribution in [0.15, 0.2) is 0 Å². The Labute approximate surface area is 94.3 Å². The third kappa shape index (κ3) is 6.13. The van der Waals surface area contributed by atoms with Gasteiger partial charge in [-0.2, -0.15) is 0 Å². The van der Waals surface area contributed by atoms with Crippen molar-refractivity contribution in [1.82, 2.24) is 0 Å². The maximum Gasteiger partial charge on any atom is 0.0645 e. The minimum absolute atomic E-state index is 0.102. The third-order valence-electron chi connectivity index (χ3n) is 3.20. The summed E-state index contributed by atoms with van der Waals surface area (Å²) in [6.45, 7) is 9.68. The van der Waals surface area contributed by atoms with Crippen LogP contribution in [0.25, 0.3) is 0 Å². The Morgan fingerprint density at radius 1 is 1.13 bits per heavy atom. The number of hydrogen-bond donors (Lipinski definition) is 1. The van der Waals surface area contributed by atoms with Gasteiger partial charge in [0.15, 0.2) is 0 Å². The molecule has 0 radical (unpaired) electrons. The first kappa shape index (κ1) is 14.9. The van der Waals surface area contributed by atoms with E-state index in [-0.39, 0.29) is 11.1 Å². The lowest BCUT2D eigenvalue weighted by Crippen LogP contribution is -2.43. The van der Waals surface area contributed by atoms with Gasteiger partial charge in [-0.05, 0) is 33.1 Å². The molecule has 92 valence electrons. The van der Waals surface area contributed by atoms with Crippen LogP contribution in [-0.4, -0.2) is 31.5 Å². The van der Waals surface area contributed by atoms with Crippen molar-refractivity contribution < 1.29 is 9.47 Å². The van der Waals surface area contributed by atoms with E-state index < -0.39 is 0 Å². The molecule has 0 aromatic heterocycles. The van der Waals surface area contributed by atoms with E-state index in [4.69, 9.17) is 15.2 Å². The molecule has 0 aromatic rings. The van der Waals surface area contributed by atoms with Gasteiger partial charge in [0, 0.05) is 19.3 Å². The lowest BCUT2D eigenvalue weighted by Gasteiger charge is -2.28. The zero-order valence-electron chi connectivity index (χ0n) is 10.9. The standard InChI is InChI=1S/C12H27NO2/c1-6-12(13,7-2)10-15-9-8-11(3,4)14-5/h6-10,13H2,1-5H3. The molecule has 0 bridgehead atoms. The van der Waals surface area contributed by atoms with Gasteiger partial charge in [0.05, 0.1) is 12.2 Å². The fourth-order valence-corrected chi connectivity index (χ4v) is 1.15. The molecule has 2 N–H and O–H groups in total. The first-order valence-electron chi connectivity index (χ1n) is 5.81. The Balaban J connectivity index is 3.71. The third-order valence-corrected chi connectivity index (χ3v) is 3.20. The molecule has 3 heteroatoms. The highest BCUT2D eigenvalue weighted by Crippen LogP contribution is 2.15. The maximum atomic E-state index is 6.12. The molecular weight excluding hydrogens is 190 g/mol. The maximum absolute atomic E-state index is 6.12. The average molecular weight is 217 g/mol. The summed E-state index contributed by atoms with van der Waals surface area (Å²) in [6.07, 6.45) is 2.81. The predicted molar refractivity (Wildman–Crippen MR) is 64.0 cm³/mol. The molecule has 0 atom stereocenters. The molecule has 0 aliphatic heterocycles. The quantitative estimate of drug-likeness (QED) is 0.635. The van der Waals surface area contributed by atoms with Gasteiger partial charge in [0.25, 0.3) is 0 Å². The molecule has 0 saturated heterocycles. The van der Waals surface area contributed by atoms with Gasteiger partial charge in [-0.15, -0.1) is 0 Å². The fraction of sp³-hybridized carbons (Fsp3) is 1.00. The highest BCUT2D eigenvalue weighted by Gasteiger charge is 2.21. The SMILES string of the molecule is CCC(N)(CC)COCCC(C)(C)OC. The van der Waals surface area contributed by atoms with Gasteiger partial charge < -0.3 is 15.2 Å². The Morgan fingerprint density at radius 3 is 2.07 bits per heavy atom. The normalized spacial score (nSPS) is 13.2. The number of hydrogen-bond acceptors (Lipinski definition) is 3. The predicted octanol–water partition coefficient (Wildman–Crippen LogP) is 2.34.